The molecule has 1 amide bonds. The lowest BCUT2D eigenvalue weighted by molar-refractivity contribution is -0.146. The van der Waals surface area contributed by atoms with Crippen molar-refractivity contribution in [3.63, 3.8) is 0 Å². The first-order valence-corrected chi connectivity index (χ1v) is 9.30. The van der Waals surface area contributed by atoms with Crippen LogP contribution in [0.15, 0.2) is 0 Å². The largest absolute Gasteiger partial charge is 0.481 e. The lowest BCUT2D eigenvalue weighted by atomic mass is 9.80. The topological polar surface area (TPSA) is 66.8 Å². The highest BCUT2D eigenvalue weighted by Crippen LogP contribution is 2.33. The first kappa shape index (κ1) is 16.7. The van der Waals surface area contributed by atoms with Crippen molar-refractivity contribution in [1.82, 2.24) is 4.90 Å². The fourth-order valence-electron chi connectivity index (χ4n) is 4.52. The number of nitrogens with zero attached hydrogens (tertiary/aromatic N) is 1. The van der Waals surface area contributed by atoms with Gasteiger partial charge in [0.2, 0.25) is 5.91 Å². The van der Waals surface area contributed by atoms with Gasteiger partial charge in [0.15, 0.2) is 0 Å². The molecule has 2 saturated carbocycles. The van der Waals surface area contributed by atoms with Gasteiger partial charge in [0, 0.05) is 25.1 Å². The van der Waals surface area contributed by atoms with E-state index in [2.05, 4.69) is 4.90 Å². The van der Waals surface area contributed by atoms with Gasteiger partial charge in [-0.15, -0.1) is 0 Å². The van der Waals surface area contributed by atoms with Gasteiger partial charge in [0.1, 0.15) is 0 Å². The van der Waals surface area contributed by atoms with Gasteiger partial charge in [-0.3, -0.25) is 9.59 Å². The molecule has 1 aliphatic heterocycles. The predicted molar refractivity (Wildman–Crippen MR) is 86.0 cm³/mol. The fourth-order valence-corrected chi connectivity index (χ4v) is 4.52. The van der Waals surface area contributed by atoms with Crippen molar-refractivity contribution in [2.45, 2.75) is 76.4 Å². The number of carbonyl (C=O) groups is 2. The van der Waals surface area contributed by atoms with E-state index in [9.17, 15) is 14.7 Å². The van der Waals surface area contributed by atoms with Crippen LogP contribution in [-0.2, 0) is 14.3 Å². The molecule has 0 bridgehead atoms. The smallest absolute Gasteiger partial charge is 0.306 e. The Labute approximate surface area is 138 Å². The van der Waals surface area contributed by atoms with Crippen molar-refractivity contribution in [1.29, 1.82) is 0 Å². The van der Waals surface area contributed by atoms with Crippen molar-refractivity contribution >= 4 is 11.9 Å². The second kappa shape index (κ2) is 7.65. The zero-order valence-corrected chi connectivity index (χ0v) is 13.9. The molecule has 3 unspecified atom stereocenters. The molecule has 23 heavy (non-hydrogen) atoms. The molecule has 0 aromatic carbocycles. The quantitative estimate of drug-likeness (QED) is 0.845. The maximum atomic E-state index is 13.1. The molecule has 1 N–H and O–H groups in total. The monoisotopic (exact) mass is 323 g/mol. The van der Waals surface area contributed by atoms with Gasteiger partial charge in [-0.2, -0.15) is 0 Å². The molecule has 0 aromatic rings. The van der Waals surface area contributed by atoms with Crippen molar-refractivity contribution in [3.05, 3.63) is 0 Å². The molecule has 2 aliphatic carbocycles. The Balaban J connectivity index is 1.66. The van der Waals surface area contributed by atoms with Crippen molar-refractivity contribution in [3.8, 4) is 0 Å². The molecule has 3 fully saturated rings. The molecule has 1 saturated heterocycles. The lowest BCUT2D eigenvalue weighted by Gasteiger charge is -2.36. The molecule has 3 aliphatic rings. The van der Waals surface area contributed by atoms with Gasteiger partial charge < -0.3 is 14.7 Å². The van der Waals surface area contributed by atoms with Crippen LogP contribution >= 0.6 is 0 Å². The summed E-state index contributed by atoms with van der Waals surface area (Å²) in [6, 6.07) is 0.344. The lowest BCUT2D eigenvalue weighted by Crippen LogP contribution is -2.47. The average Bonchev–Trinajstić information content (AvgIpc) is 3.25. The molecule has 1 heterocycles. The summed E-state index contributed by atoms with van der Waals surface area (Å²) in [5, 5.41) is 9.27. The van der Waals surface area contributed by atoms with Gasteiger partial charge in [0.05, 0.1) is 12.0 Å². The summed E-state index contributed by atoms with van der Waals surface area (Å²) < 4.78 is 5.75. The third kappa shape index (κ3) is 4.06. The van der Waals surface area contributed by atoms with Crippen molar-refractivity contribution < 1.29 is 19.4 Å². The number of carbonyl (C=O) groups excluding carboxylic acids is 1. The second-order valence-corrected chi connectivity index (χ2v) is 7.46. The van der Waals surface area contributed by atoms with E-state index < -0.39 is 5.97 Å². The van der Waals surface area contributed by atoms with Gasteiger partial charge in [-0.1, -0.05) is 19.3 Å². The number of rotatable bonds is 5. The Morgan fingerprint density at radius 2 is 1.70 bits per heavy atom. The van der Waals surface area contributed by atoms with Crippen molar-refractivity contribution in [2.24, 2.45) is 11.8 Å². The van der Waals surface area contributed by atoms with E-state index >= 15 is 0 Å². The summed E-state index contributed by atoms with van der Waals surface area (Å²) in [5.74, 6) is -0.995. The molecular weight excluding hydrogens is 294 g/mol. The number of hydrogen-bond donors (Lipinski definition) is 1. The summed E-state index contributed by atoms with van der Waals surface area (Å²) >= 11 is 0. The van der Waals surface area contributed by atoms with Gasteiger partial charge >= 0.3 is 5.97 Å². The molecule has 0 radical (unpaired) electrons. The van der Waals surface area contributed by atoms with Crippen LogP contribution in [0.1, 0.15) is 64.2 Å². The van der Waals surface area contributed by atoms with Crippen LogP contribution in [0.2, 0.25) is 0 Å². The van der Waals surface area contributed by atoms with E-state index in [1.54, 1.807) is 0 Å². The van der Waals surface area contributed by atoms with Crippen LogP contribution in [0.3, 0.4) is 0 Å². The summed E-state index contributed by atoms with van der Waals surface area (Å²) in [6.07, 6.45) is 9.81. The SMILES string of the molecule is O=C(O)C1CCCC(C(=O)N(CC2CCCO2)C2CCCC2)C1. The highest BCUT2D eigenvalue weighted by atomic mass is 16.5. The summed E-state index contributed by atoms with van der Waals surface area (Å²) in [5.41, 5.74) is 0. The minimum Gasteiger partial charge on any atom is -0.481 e. The van der Waals surface area contributed by atoms with E-state index in [1.165, 1.54) is 12.8 Å². The van der Waals surface area contributed by atoms with Crippen LogP contribution in [0, 0.1) is 11.8 Å². The van der Waals surface area contributed by atoms with Gasteiger partial charge in [-0.05, 0) is 44.9 Å². The molecule has 130 valence electrons. The predicted octanol–water partition coefficient (Wildman–Crippen LogP) is 2.83. The molecule has 3 rings (SSSR count). The molecule has 5 nitrogen and oxygen atoms in total. The number of ether oxygens (including phenoxy) is 1. The Morgan fingerprint density at radius 3 is 2.35 bits per heavy atom. The molecule has 0 spiro atoms. The number of carboxylic acids is 1. The van der Waals surface area contributed by atoms with Crippen molar-refractivity contribution in [2.75, 3.05) is 13.2 Å². The van der Waals surface area contributed by atoms with Crippen LogP contribution in [0.25, 0.3) is 0 Å². The van der Waals surface area contributed by atoms with Crippen LogP contribution in [-0.4, -0.2) is 47.2 Å². The van der Waals surface area contributed by atoms with Gasteiger partial charge in [0.25, 0.3) is 0 Å². The molecular formula is C18H29NO4. The van der Waals surface area contributed by atoms with E-state index in [1.807, 2.05) is 0 Å². The number of aliphatic carboxylic acids is 1. The minimum atomic E-state index is -0.742. The first-order chi connectivity index (χ1) is 11.1. The summed E-state index contributed by atoms with van der Waals surface area (Å²) in [4.78, 5) is 26.5. The molecule has 0 aromatic heterocycles. The first-order valence-electron chi connectivity index (χ1n) is 9.30. The van der Waals surface area contributed by atoms with E-state index in [0.29, 0.717) is 25.4 Å². The zero-order chi connectivity index (χ0) is 16.2. The molecule has 5 heteroatoms. The Bertz CT molecular complexity index is 427. The number of hydrogen-bond acceptors (Lipinski definition) is 3. The Hall–Kier alpha value is -1.10. The maximum absolute atomic E-state index is 13.1. The third-order valence-electron chi connectivity index (χ3n) is 5.85. The minimum absolute atomic E-state index is 0.105. The third-order valence-corrected chi connectivity index (χ3v) is 5.85. The summed E-state index contributed by atoms with van der Waals surface area (Å²) in [7, 11) is 0. The van der Waals surface area contributed by atoms with Gasteiger partial charge in [-0.25, -0.2) is 0 Å². The Morgan fingerprint density at radius 1 is 0.957 bits per heavy atom. The second-order valence-electron chi connectivity index (χ2n) is 7.46. The average molecular weight is 323 g/mol. The van der Waals surface area contributed by atoms with Crippen LogP contribution < -0.4 is 0 Å². The zero-order valence-electron chi connectivity index (χ0n) is 13.9. The normalized spacial score (nSPS) is 32.1. The van der Waals surface area contributed by atoms with Crippen LogP contribution in [0.5, 0.6) is 0 Å². The van der Waals surface area contributed by atoms with Crippen LogP contribution in [0.4, 0.5) is 0 Å². The van der Waals surface area contributed by atoms with E-state index in [4.69, 9.17) is 4.74 Å². The number of amides is 1. The molecule has 3 atom stereocenters. The Kier molecular flexibility index (Phi) is 5.57. The highest BCUT2D eigenvalue weighted by Gasteiger charge is 2.37. The maximum Gasteiger partial charge on any atom is 0.306 e. The standard InChI is InChI=1S/C18H29NO4/c20-17(13-5-3-6-14(11-13)18(21)22)19(15-7-1-2-8-15)12-16-9-4-10-23-16/h13-16H,1-12H2,(H,21,22). The fraction of sp³-hybridized carbons (Fsp3) is 0.889. The van der Waals surface area contributed by atoms with E-state index in [0.717, 1.165) is 45.1 Å². The highest BCUT2D eigenvalue weighted by molar-refractivity contribution is 5.80. The number of carboxylic acid groups (broad SMARTS) is 1. The summed E-state index contributed by atoms with van der Waals surface area (Å²) in [6.45, 7) is 1.51. The van der Waals surface area contributed by atoms with E-state index in [-0.39, 0.29) is 23.8 Å².